The van der Waals surface area contributed by atoms with Gasteiger partial charge >= 0.3 is 0 Å². The van der Waals surface area contributed by atoms with E-state index in [2.05, 4.69) is 48.8 Å². The van der Waals surface area contributed by atoms with Gasteiger partial charge in [-0.15, -0.1) is 0 Å². The van der Waals surface area contributed by atoms with Crippen molar-refractivity contribution in [3.8, 4) is 0 Å². The van der Waals surface area contributed by atoms with E-state index in [0.717, 1.165) is 34.7 Å². The first-order valence-electron chi connectivity index (χ1n) is 7.92. The summed E-state index contributed by atoms with van der Waals surface area (Å²) in [4.78, 5) is 0. The van der Waals surface area contributed by atoms with E-state index in [1.54, 1.807) is 0 Å². The fraction of sp³-hybridized carbons (Fsp3) is 0.667. The molecule has 2 N–H and O–H groups in total. The lowest BCUT2D eigenvalue weighted by Crippen LogP contribution is -2.41. The van der Waals surface area contributed by atoms with E-state index in [9.17, 15) is 0 Å². The highest BCUT2D eigenvalue weighted by atomic mass is 79.9. The van der Waals surface area contributed by atoms with Crippen LogP contribution in [0.15, 0.2) is 22.7 Å². The van der Waals surface area contributed by atoms with Gasteiger partial charge < -0.3 is 5.73 Å². The van der Waals surface area contributed by atoms with Gasteiger partial charge in [0.2, 0.25) is 0 Å². The summed E-state index contributed by atoms with van der Waals surface area (Å²) in [5.74, 6) is 0.781. The third kappa shape index (κ3) is 4.71. The highest BCUT2D eigenvalue weighted by Crippen LogP contribution is 2.40. The molecule has 0 spiro atoms. The highest BCUT2D eigenvalue weighted by Gasteiger charge is 2.34. The van der Waals surface area contributed by atoms with Crippen molar-refractivity contribution in [2.24, 2.45) is 17.1 Å². The van der Waals surface area contributed by atoms with Crippen LogP contribution in [0.25, 0.3) is 0 Å². The number of nitrogens with two attached hydrogens (primary N) is 1. The van der Waals surface area contributed by atoms with Crippen molar-refractivity contribution < 1.29 is 0 Å². The van der Waals surface area contributed by atoms with Crippen molar-refractivity contribution in [3.05, 3.63) is 33.3 Å². The van der Waals surface area contributed by atoms with Gasteiger partial charge in [0.05, 0.1) is 0 Å². The molecule has 0 bridgehead atoms. The van der Waals surface area contributed by atoms with Crippen LogP contribution in [0.1, 0.15) is 58.4 Å². The van der Waals surface area contributed by atoms with Gasteiger partial charge in [-0.05, 0) is 61.1 Å². The maximum absolute atomic E-state index is 6.73. The van der Waals surface area contributed by atoms with Crippen LogP contribution in [0.2, 0.25) is 5.02 Å². The molecule has 0 radical (unpaired) electrons. The summed E-state index contributed by atoms with van der Waals surface area (Å²) in [6.45, 7) is 7.06. The van der Waals surface area contributed by atoms with E-state index >= 15 is 0 Å². The minimum Gasteiger partial charge on any atom is -0.325 e. The molecule has 2 unspecified atom stereocenters. The minimum absolute atomic E-state index is 0.0997. The van der Waals surface area contributed by atoms with Gasteiger partial charge in [-0.25, -0.2) is 0 Å². The van der Waals surface area contributed by atoms with E-state index in [4.69, 9.17) is 17.3 Å². The molecule has 2 atom stereocenters. The molecule has 0 amide bonds. The third-order valence-corrected chi connectivity index (χ3v) is 5.85. The maximum atomic E-state index is 6.73. The lowest BCUT2D eigenvalue weighted by molar-refractivity contribution is 0.210. The Hall–Kier alpha value is -0.0500. The molecule has 1 aliphatic carbocycles. The van der Waals surface area contributed by atoms with Crippen molar-refractivity contribution in [1.82, 2.24) is 0 Å². The fourth-order valence-corrected chi connectivity index (χ4v) is 4.26. The Bertz CT molecular complexity index is 494. The fourth-order valence-electron chi connectivity index (χ4n) is 3.52. The molecule has 1 aromatic rings. The quantitative estimate of drug-likeness (QED) is 0.636. The molecular weight excluding hydrogens is 346 g/mol. The van der Waals surface area contributed by atoms with Crippen LogP contribution in [-0.2, 0) is 6.42 Å². The van der Waals surface area contributed by atoms with Crippen molar-refractivity contribution in [3.63, 3.8) is 0 Å². The van der Waals surface area contributed by atoms with Gasteiger partial charge in [-0.3, -0.25) is 0 Å². The second kappa shape index (κ2) is 6.60. The SMILES string of the molecule is CC(C)(C)C1CCCC(N)(Cc2ccc(Br)cc2Cl)CC1. The normalized spacial score (nSPS) is 27.4. The van der Waals surface area contributed by atoms with Crippen molar-refractivity contribution in [1.29, 1.82) is 0 Å². The predicted octanol–water partition coefficient (Wildman–Crippen LogP) is 5.97. The molecule has 0 aliphatic heterocycles. The molecule has 0 heterocycles. The lowest BCUT2D eigenvalue weighted by Gasteiger charge is -2.31. The van der Waals surface area contributed by atoms with Gasteiger partial charge in [0.25, 0.3) is 0 Å². The van der Waals surface area contributed by atoms with Gasteiger partial charge in [0.1, 0.15) is 0 Å². The average molecular weight is 373 g/mol. The summed E-state index contributed by atoms with van der Waals surface area (Å²) in [7, 11) is 0. The number of benzene rings is 1. The molecule has 1 nitrogen and oxygen atoms in total. The first kappa shape index (κ1) is 17.3. The topological polar surface area (TPSA) is 26.0 Å². The predicted molar refractivity (Wildman–Crippen MR) is 95.8 cm³/mol. The zero-order chi connectivity index (χ0) is 15.7. The summed E-state index contributed by atoms with van der Waals surface area (Å²) >= 11 is 9.83. The van der Waals surface area contributed by atoms with Crippen molar-refractivity contribution in [2.45, 2.75) is 64.8 Å². The first-order chi connectivity index (χ1) is 9.70. The number of rotatable bonds is 2. The monoisotopic (exact) mass is 371 g/mol. The van der Waals surface area contributed by atoms with Gasteiger partial charge in [0.15, 0.2) is 0 Å². The summed E-state index contributed by atoms with van der Waals surface area (Å²) in [6.07, 6.45) is 6.85. The van der Waals surface area contributed by atoms with E-state index in [0.29, 0.717) is 5.41 Å². The van der Waals surface area contributed by atoms with Crippen LogP contribution in [0.4, 0.5) is 0 Å². The molecular formula is C18H27BrClN. The van der Waals surface area contributed by atoms with E-state index in [1.165, 1.54) is 24.8 Å². The molecule has 3 heteroatoms. The third-order valence-electron chi connectivity index (χ3n) is 5.00. The van der Waals surface area contributed by atoms with Crippen LogP contribution in [0.3, 0.4) is 0 Å². The van der Waals surface area contributed by atoms with Gasteiger partial charge in [-0.1, -0.05) is 60.8 Å². The standard InChI is InChI=1S/C18H27BrClN/c1-17(2,3)14-5-4-9-18(21,10-8-14)12-13-6-7-15(19)11-16(13)20/h6-7,11,14H,4-5,8-10,12,21H2,1-3H3. The second-order valence-electron chi connectivity index (χ2n) is 7.77. The number of halogens is 2. The largest absolute Gasteiger partial charge is 0.325 e. The molecule has 0 aromatic heterocycles. The van der Waals surface area contributed by atoms with E-state index in [1.807, 2.05) is 6.07 Å². The Morgan fingerprint density at radius 1 is 1.29 bits per heavy atom. The molecule has 1 aromatic carbocycles. The first-order valence-corrected chi connectivity index (χ1v) is 9.10. The summed E-state index contributed by atoms with van der Waals surface area (Å²) in [5, 5.41) is 0.825. The Balaban J connectivity index is 2.08. The van der Waals surface area contributed by atoms with Crippen molar-refractivity contribution >= 4 is 27.5 Å². The molecule has 1 aliphatic rings. The van der Waals surface area contributed by atoms with E-state index < -0.39 is 0 Å². The second-order valence-corrected chi connectivity index (χ2v) is 9.09. The average Bonchev–Trinajstić information content (AvgIpc) is 2.55. The lowest BCUT2D eigenvalue weighted by atomic mass is 9.76. The Labute approximate surface area is 142 Å². The Kier molecular flexibility index (Phi) is 5.44. The minimum atomic E-state index is -0.0997. The molecule has 2 rings (SSSR count). The van der Waals surface area contributed by atoms with Crippen LogP contribution >= 0.6 is 27.5 Å². The Morgan fingerprint density at radius 2 is 2.00 bits per heavy atom. The van der Waals surface area contributed by atoms with Gasteiger partial charge in [-0.2, -0.15) is 0 Å². The molecule has 118 valence electrons. The number of hydrogen-bond acceptors (Lipinski definition) is 1. The van der Waals surface area contributed by atoms with Crippen LogP contribution in [0.5, 0.6) is 0 Å². The van der Waals surface area contributed by atoms with Crippen molar-refractivity contribution in [2.75, 3.05) is 0 Å². The highest BCUT2D eigenvalue weighted by molar-refractivity contribution is 9.10. The zero-order valence-electron chi connectivity index (χ0n) is 13.4. The van der Waals surface area contributed by atoms with E-state index in [-0.39, 0.29) is 5.54 Å². The molecule has 0 saturated heterocycles. The number of hydrogen-bond donors (Lipinski definition) is 1. The zero-order valence-corrected chi connectivity index (χ0v) is 15.7. The smallest absolute Gasteiger partial charge is 0.0449 e. The van der Waals surface area contributed by atoms with Gasteiger partial charge in [0, 0.05) is 15.0 Å². The molecule has 1 fully saturated rings. The maximum Gasteiger partial charge on any atom is 0.0449 e. The summed E-state index contributed by atoms with van der Waals surface area (Å²) < 4.78 is 1.02. The van der Waals surface area contributed by atoms with Crippen LogP contribution in [-0.4, -0.2) is 5.54 Å². The molecule has 21 heavy (non-hydrogen) atoms. The Morgan fingerprint density at radius 3 is 2.62 bits per heavy atom. The summed E-state index contributed by atoms with van der Waals surface area (Å²) in [5.41, 5.74) is 8.20. The summed E-state index contributed by atoms with van der Waals surface area (Å²) in [6, 6.07) is 6.13. The van der Waals surface area contributed by atoms with Crippen LogP contribution in [0, 0.1) is 11.3 Å². The molecule has 1 saturated carbocycles. The van der Waals surface area contributed by atoms with Crippen LogP contribution < -0.4 is 5.73 Å².